The van der Waals surface area contributed by atoms with Gasteiger partial charge in [-0.05, 0) is 24.7 Å². The Bertz CT molecular complexity index is 1240. The molecule has 0 aromatic carbocycles. The molecule has 8 N–H and O–H groups in total. The lowest BCUT2D eigenvalue weighted by atomic mass is 9.75. The van der Waals surface area contributed by atoms with Gasteiger partial charge in [0.05, 0.1) is 114 Å². The molecule has 9 aliphatic rings. The summed E-state index contributed by atoms with van der Waals surface area (Å²) in [5.41, 5.74) is 0. The normalized spacial score (nSPS) is 64.4. The van der Waals surface area contributed by atoms with Crippen molar-refractivity contribution in [2.24, 2.45) is 47.3 Å². The zero-order valence-electron chi connectivity index (χ0n) is 27.5. The standard InChI is InChI=1S/C32H44Cl12N8/c33-13-7-9(15(35)21(41)19(13)39)29-48-27(7)46-25-5-3-1-2-4-6(5)26(45-25)47-28-8-10(16(36)22(42)20(40)14(8)34)30(49-28)51-32-12-11(31(50-29)52-32)17(37)23(43)24(44)18(12)38/h5-32,45-52H,1-4H2. The maximum absolute atomic E-state index is 7.24. The van der Waals surface area contributed by atoms with E-state index in [1.165, 1.54) is 12.8 Å². The summed E-state index contributed by atoms with van der Waals surface area (Å²) < 4.78 is 0. The fraction of sp³-hybridized carbons (Fsp3) is 1.00. The van der Waals surface area contributed by atoms with Gasteiger partial charge in [-0.1, -0.05) is 12.8 Å². The first-order valence-electron chi connectivity index (χ1n) is 18.6. The molecule has 5 saturated heterocycles. The van der Waals surface area contributed by atoms with E-state index in [9.17, 15) is 0 Å². The minimum absolute atomic E-state index is 0.00982. The Morgan fingerprint density at radius 2 is 0.404 bits per heavy atom. The maximum Gasteiger partial charge on any atom is 0.0681 e. The Kier molecular flexibility index (Phi) is 12.1. The molecule has 4 aliphatic carbocycles. The van der Waals surface area contributed by atoms with E-state index in [-0.39, 0.29) is 84.8 Å². The van der Waals surface area contributed by atoms with Crippen LogP contribution in [0.25, 0.3) is 0 Å². The molecule has 0 spiro atoms. The smallest absolute Gasteiger partial charge is 0.0681 e. The van der Waals surface area contributed by atoms with E-state index >= 15 is 0 Å². The number of nitrogens with one attached hydrogen (secondary N) is 8. The van der Waals surface area contributed by atoms with Crippen LogP contribution in [-0.4, -0.2) is 114 Å². The number of hydrogen-bond acceptors (Lipinski definition) is 8. The van der Waals surface area contributed by atoms with Gasteiger partial charge in [0, 0.05) is 35.5 Å². The van der Waals surface area contributed by atoms with Crippen LogP contribution in [0.3, 0.4) is 0 Å². The Balaban J connectivity index is 1.13. The van der Waals surface area contributed by atoms with Gasteiger partial charge in [0.1, 0.15) is 0 Å². The zero-order valence-corrected chi connectivity index (χ0v) is 36.6. The van der Waals surface area contributed by atoms with E-state index in [1.54, 1.807) is 0 Å². The highest BCUT2D eigenvalue weighted by molar-refractivity contribution is 6.40. The first-order valence-corrected chi connectivity index (χ1v) is 23.8. The summed E-state index contributed by atoms with van der Waals surface area (Å²) in [6.45, 7) is 0. The molecule has 28 atom stereocenters. The molecule has 28 unspecified atom stereocenters. The van der Waals surface area contributed by atoms with Crippen molar-refractivity contribution in [3.8, 4) is 0 Å². The minimum Gasteiger partial charge on any atom is -0.286 e. The van der Waals surface area contributed by atoms with Gasteiger partial charge in [0.25, 0.3) is 0 Å². The molecular formula is C32H44Cl12N8. The van der Waals surface area contributed by atoms with Crippen LogP contribution in [0.1, 0.15) is 25.7 Å². The third-order valence-electron chi connectivity index (χ3n) is 14.2. The SMILES string of the molecule is ClC1C(Cl)C(Cl)C2C3NC(NC4NC(NC5NC(NC6NC(N3)C3C(Cl)C(Cl)C(Cl)C(Cl)C63)C3C(Cl)C(Cl)C(Cl)C(Cl)C53)C3CCCCC43)C2C1Cl. The van der Waals surface area contributed by atoms with Crippen LogP contribution in [0.15, 0.2) is 0 Å². The monoisotopic (exact) mass is 960 g/mol. The number of fused-ring (bicyclic) bond motifs is 20. The molecule has 0 amide bonds. The molecule has 0 aromatic heterocycles. The summed E-state index contributed by atoms with van der Waals surface area (Å²) in [7, 11) is 0. The van der Waals surface area contributed by atoms with Gasteiger partial charge < -0.3 is 0 Å². The quantitative estimate of drug-likeness (QED) is 0.157. The lowest BCUT2D eigenvalue weighted by Crippen LogP contribution is -2.62. The van der Waals surface area contributed by atoms with E-state index in [1.807, 2.05) is 0 Å². The van der Waals surface area contributed by atoms with Gasteiger partial charge in [0.15, 0.2) is 0 Å². The van der Waals surface area contributed by atoms with Crippen LogP contribution < -0.4 is 42.5 Å². The van der Waals surface area contributed by atoms with E-state index in [0.29, 0.717) is 11.8 Å². The summed E-state index contributed by atoms with van der Waals surface area (Å²) in [5.74, 6) is -0.289. The van der Waals surface area contributed by atoms with Gasteiger partial charge >= 0.3 is 0 Å². The highest BCUT2D eigenvalue weighted by Crippen LogP contribution is 2.52. The molecule has 9 rings (SSSR count). The molecule has 0 radical (unpaired) electrons. The fourth-order valence-corrected chi connectivity index (χ4v) is 17.0. The highest BCUT2D eigenvalue weighted by atomic mass is 35.5. The first kappa shape index (κ1) is 40.6. The summed E-state index contributed by atoms with van der Waals surface area (Å²) in [6.07, 6.45) is 2.76. The molecule has 9 fully saturated rings. The Labute approximate surface area is 365 Å². The topological polar surface area (TPSA) is 96.2 Å². The number of hydrogen-bond donors (Lipinski definition) is 8. The third kappa shape index (κ3) is 6.41. The second-order valence-electron chi connectivity index (χ2n) is 16.6. The van der Waals surface area contributed by atoms with Crippen molar-refractivity contribution in [2.45, 2.75) is 140 Å². The molecule has 20 heteroatoms. The van der Waals surface area contributed by atoms with Gasteiger partial charge in [-0.15, -0.1) is 139 Å². The lowest BCUT2D eigenvalue weighted by molar-refractivity contribution is 0.176. The average molecular weight is 966 g/mol. The Morgan fingerprint density at radius 1 is 0.231 bits per heavy atom. The van der Waals surface area contributed by atoms with Gasteiger partial charge in [0.2, 0.25) is 0 Å². The predicted octanol–water partition coefficient (Wildman–Crippen LogP) is 5.21. The van der Waals surface area contributed by atoms with Crippen molar-refractivity contribution in [1.82, 2.24) is 42.5 Å². The van der Waals surface area contributed by atoms with E-state index < -0.39 is 64.5 Å². The molecule has 8 bridgehead atoms. The van der Waals surface area contributed by atoms with Crippen molar-refractivity contribution in [1.29, 1.82) is 0 Å². The second kappa shape index (κ2) is 15.6. The van der Waals surface area contributed by atoms with Crippen LogP contribution in [0, 0.1) is 47.3 Å². The van der Waals surface area contributed by atoms with Gasteiger partial charge in [-0.25, -0.2) is 0 Å². The molecule has 296 valence electrons. The Hall–Kier alpha value is 3.16. The largest absolute Gasteiger partial charge is 0.286 e. The number of alkyl halides is 12. The molecule has 52 heavy (non-hydrogen) atoms. The van der Waals surface area contributed by atoms with Crippen LogP contribution in [-0.2, 0) is 0 Å². The number of rotatable bonds is 0. The molecule has 4 saturated carbocycles. The maximum atomic E-state index is 7.24. The molecule has 8 nitrogen and oxygen atoms in total. The zero-order chi connectivity index (χ0) is 36.7. The van der Waals surface area contributed by atoms with E-state index in [2.05, 4.69) is 42.5 Å². The van der Waals surface area contributed by atoms with Crippen molar-refractivity contribution >= 4 is 139 Å². The molecule has 0 aromatic rings. The summed E-state index contributed by atoms with van der Waals surface area (Å²) in [4.78, 5) is 0. The molecule has 5 heterocycles. The van der Waals surface area contributed by atoms with Crippen molar-refractivity contribution in [3.05, 3.63) is 0 Å². The highest BCUT2D eigenvalue weighted by Gasteiger charge is 2.64. The summed E-state index contributed by atoms with van der Waals surface area (Å²) >= 11 is 84.9. The lowest BCUT2D eigenvalue weighted by Gasteiger charge is -2.45. The summed E-state index contributed by atoms with van der Waals surface area (Å²) in [5, 5.41) is 25.2. The van der Waals surface area contributed by atoms with E-state index in [4.69, 9.17) is 139 Å². The first-order chi connectivity index (χ1) is 24.8. The Morgan fingerprint density at radius 3 is 0.615 bits per heavy atom. The fourth-order valence-electron chi connectivity index (χ4n) is 11.8. The summed E-state index contributed by atoms with van der Waals surface area (Å²) in [6, 6.07) is 0. The van der Waals surface area contributed by atoms with Crippen LogP contribution in [0.5, 0.6) is 0 Å². The minimum atomic E-state index is -0.565. The number of halogens is 12. The van der Waals surface area contributed by atoms with Gasteiger partial charge in [-0.3, -0.25) is 42.5 Å². The van der Waals surface area contributed by atoms with E-state index in [0.717, 1.165) is 12.8 Å². The van der Waals surface area contributed by atoms with Gasteiger partial charge in [-0.2, -0.15) is 0 Å². The average Bonchev–Trinajstić information content (AvgIpc) is 3.87. The van der Waals surface area contributed by atoms with Crippen molar-refractivity contribution in [2.75, 3.05) is 0 Å². The van der Waals surface area contributed by atoms with Crippen LogP contribution >= 0.6 is 139 Å². The molecular weight excluding hydrogens is 922 g/mol. The predicted molar refractivity (Wildman–Crippen MR) is 217 cm³/mol. The third-order valence-corrected chi connectivity index (χ3v) is 22.0. The molecule has 5 aliphatic heterocycles. The van der Waals surface area contributed by atoms with Crippen LogP contribution in [0.2, 0.25) is 0 Å². The van der Waals surface area contributed by atoms with Crippen LogP contribution in [0.4, 0.5) is 0 Å². The van der Waals surface area contributed by atoms with Crippen molar-refractivity contribution < 1.29 is 0 Å². The van der Waals surface area contributed by atoms with Crippen molar-refractivity contribution in [3.63, 3.8) is 0 Å². The second-order valence-corrected chi connectivity index (χ2v) is 22.6.